The highest BCUT2D eigenvalue weighted by atomic mass is 35.5. The normalized spacial score (nSPS) is 12.1. The number of carbonyl (C=O) groups is 1. The summed E-state index contributed by atoms with van der Waals surface area (Å²) in [5.74, 6) is -1.11. The highest BCUT2D eigenvalue weighted by Gasteiger charge is 2.18. The van der Waals surface area contributed by atoms with Crippen LogP contribution in [-0.2, 0) is 17.8 Å². The molecule has 0 saturated heterocycles. The van der Waals surface area contributed by atoms with Crippen LogP contribution >= 0.6 is 11.6 Å². The highest BCUT2D eigenvalue weighted by Crippen LogP contribution is 2.32. The predicted molar refractivity (Wildman–Crippen MR) is 137 cm³/mol. The molecule has 1 unspecified atom stereocenters. The van der Waals surface area contributed by atoms with E-state index in [1.165, 1.54) is 0 Å². The first-order valence-electron chi connectivity index (χ1n) is 11.6. The summed E-state index contributed by atoms with van der Waals surface area (Å²) in [5.41, 5.74) is 4.78. The van der Waals surface area contributed by atoms with Crippen molar-refractivity contribution < 1.29 is 15.0 Å². The van der Waals surface area contributed by atoms with Gasteiger partial charge in [-0.15, -0.1) is 11.6 Å². The van der Waals surface area contributed by atoms with E-state index in [0.717, 1.165) is 52.8 Å². The third-order valence-corrected chi connectivity index (χ3v) is 6.20. The van der Waals surface area contributed by atoms with Crippen molar-refractivity contribution in [2.45, 2.75) is 32.8 Å². The quantitative estimate of drug-likeness (QED) is 0.260. The van der Waals surface area contributed by atoms with E-state index < -0.39 is 11.9 Å². The highest BCUT2D eigenvalue weighted by molar-refractivity contribution is 6.19. The SMILES string of the molecule is CCCCc1cccc(-c2cc(NCC(CCl)C(=O)O)c3cnn(-c4cccc(CO)n4)c3c2)n1. The molecule has 0 aliphatic heterocycles. The number of hydrogen-bond donors (Lipinski definition) is 3. The van der Waals surface area contributed by atoms with Crippen molar-refractivity contribution in [3.63, 3.8) is 0 Å². The van der Waals surface area contributed by atoms with Gasteiger partial charge in [0, 0.05) is 34.8 Å². The summed E-state index contributed by atoms with van der Waals surface area (Å²) < 4.78 is 1.71. The number of carboxylic acids is 1. The number of nitrogens with one attached hydrogen (secondary N) is 1. The fourth-order valence-electron chi connectivity index (χ4n) is 3.85. The number of aryl methyl sites for hydroxylation is 1. The summed E-state index contributed by atoms with van der Waals surface area (Å²) in [6.07, 6.45) is 4.78. The summed E-state index contributed by atoms with van der Waals surface area (Å²) >= 11 is 5.87. The minimum atomic E-state index is -0.953. The molecular weight excluding hydrogens is 466 g/mol. The molecular formula is C26H28ClN5O3. The average molecular weight is 494 g/mol. The van der Waals surface area contributed by atoms with Gasteiger partial charge in [-0.3, -0.25) is 9.78 Å². The minimum Gasteiger partial charge on any atom is -0.481 e. The molecule has 0 radical (unpaired) electrons. The lowest BCUT2D eigenvalue weighted by Crippen LogP contribution is -2.24. The monoisotopic (exact) mass is 493 g/mol. The van der Waals surface area contributed by atoms with E-state index in [-0.39, 0.29) is 19.0 Å². The van der Waals surface area contributed by atoms with Gasteiger partial charge in [-0.1, -0.05) is 25.5 Å². The van der Waals surface area contributed by atoms with Crippen molar-refractivity contribution in [1.29, 1.82) is 0 Å². The number of aliphatic hydroxyl groups is 1. The summed E-state index contributed by atoms with van der Waals surface area (Å²) in [4.78, 5) is 20.9. The Morgan fingerprint density at radius 3 is 2.69 bits per heavy atom. The third kappa shape index (κ3) is 5.61. The molecule has 4 rings (SSSR count). The van der Waals surface area contributed by atoms with Gasteiger partial charge in [0.25, 0.3) is 0 Å². The number of fused-ring (bicyclic) bond motifs is 1. The number of pyridine rings is 2. The van der Waals surface area contributed by atoms with E-state index in [0.29, 0.717) is 11.5 Å². The molecule has 0 aliphatic carbocycles. The molecule has 3 heterocycles. The molecule has 0 saturated carbocycles. The predicted octanol–water partition coefficient (Wildman–Crippen LogP) is 4.67. The maximum atomic E-state index is 11.5. The molecule has 8 nitrogen and oxygen atoms in total. The molecule has 9 heteroatoms. The zero-order valence-electron chi connectivity index (χ0n) is 19.5. The van der Waals surface area contributed by atoms with Gasteiger partial charge in [0.2, 0.25) is 0 Å². The fourth-order valence-corrected chi connectivity index (χ4v) is 4.10. The Bertz CT molecular complexity index is 1320. The number of unbranched alkanes of at least 4 members (excludes halogenated alkanes) is 1. The second-order valence-corrected chi connectivity index (χ2v) is 8.65. The number of hydrogen-bond acceptors (Lipinski definition) is 6. The van der Waals surface area contributed by atoms with Crippen LogP contribution in [0.4, 0.5) is 5.69 Å². The summed E-state index contributed by atoms with van der Waals surface area (Å²) in [7, 11) is 0. The number of alkyl halides is 1. The maximum Gasteiger partial charge on any atom is 0.309 e. The number of benzene rings is 1. The fraction of sp³-hybridized carbons (Fsp3) is 0.308. The number of aliphatic carboxylic acids is 1. The molecule has 3 N–H and O–H groups in total. The number of rotatable bonds is 11. The molecule has 0 spiro atoms. The Labute approximate surface area is 208 Å². The standard InChI is InChI=1S/C26H28ClN5O3/c1-2-3-6-19-7-4-9-22(30-19)17-11-23(28-14-18(13-27)26(34)35)21-15-29-32(24(21)12-17)25-10-5-8-20(16-33)31-25/h4-5,7-12,15,18,28,33H,2-3,6,13-14,16H2,1H3,(H,34,35). The summed E-state index contributed by atoms with van der Waals surface area (Å²) in [6.45, 7) is 2.15. The Kier molecular flexibility index (Phi) is 7.94. The molecule has 0 bridgehead atoms. The van der Waals surface area contributed by atoms with Gasteiger partial charge in [-0.2, -0.15) is 5.10 Å². The Hall–Kier alpha value is -3.49. The van der Waals surface area contributed by atoms with Gasteiger partial charge in [-0.25, -0.2) is 9.67 Å². The lowest BCUT2D eigenvalue weighted by molar-refractivity contribution is -0.140. The van der Waals surface area contributed by atoms with Gasteiger partial charge >= 0.3 is 5.97 Å². The largest absolute Gasteiger partial charge is 0.481 e. The van der Waals surface area contributed by atoms with Crippen molar-refractivity contribution in [3.8, 4) is 17.1 Å². The minimum absolute atomic E-state index is 0.00330. The molecule has 3 aromatic heterocycles. The zero-order valence-corrected chi connectivity index (χ0v) is 20.2. The Morgan fingerprint density at radius 2 is 1.94 bits per heavy atom. The van der Waals surface area contributed by atoms with Gasteiger partial charge in [0.1, 0.15) is 0 Å². The van der Waals surface area contributed by atoms with Crippen LogP contribution in [0.25, 0.3) is 28.0 Å². The number of halogens is 1. The van der Waals surface area contributed by atoms with Crippen LogP contribution in [0, 0.1) is 5.92 Å². The van der Waals surface area contributed by atoms with Crippen molar-refractivity contribution in [3.05, 3.63) is 66.1 Å². The first-order chi connectivity index (χ1) is 17.0. The van der Waals surface area contributed by atoms with Crippen LogP contribution < -0.4 is 5.32 Å². The average Bonchev–Trinajstić information content (AvgIpc) is 3.32. The van der Waals surface area contributed by atoms with Gasteiger partial charge in [0.05, 0.1) is 35.6 Å². The maximum absolute atomic E-state index is 11.5. The number of aliphatic hydroxyl groups excluding tert-OH is 1. The van der Waals surface area contributed by atoms with Crippen LogP contribution in [0.3, 0.4) is 0 Å². The molecule has 0 amide bonds. The lowest BCUT2D eigenvalue weighted by atomic mass is 10.1. The van der Waals surface area contributed by atoms with Crippen molar-refractivity contribution >= 4 is 34.2 Å². The molecule has 0 aliphatic rings. The molecule has 1 atom stereocenters. The van der Waals surface area contributed by atoms with E-state index in [4.69, 9.17) is 16.6 Å². The van der Waals surface area contributed by atoms with E-state index in [9.17, 15) is 15.0 Å². The number of aromatic nitrogens is 4. The molecule has 0 fully saturated rings. The molecule has 182 valence electrons. The van der Waals surface area contributed by atoms with Gasteiger partial charge in [-0.05, 0) is 49.2 Å². The van der Waals surface area contributed by atoms with Crippen LogP contribution in [0.15, 0.2) is 54.7 Å². The van der Waals surface area contributed by atoms with Gasteiger partial charge < -0.3 is 15.5 Å². The first kappa shape index (κ1) is 24.6. The third-order valence-electron chi connectivity index (χ3n) is 5.82. The number of anilines is 1. The summed E-state index contributed by atoms with van der Waals surface area (Å²) in [5, 5.41) is 27.6. The second-order valence-electron chi connectivity index (χ2n) is 8.35. The first-order valence-corrected chi connectivity index (χ1v) is 12.1. The molecule has 1 aromatic carbocycles. The Balaban J connectivity index is 1.82. The summed E-state index contributed by atoms with van der Waals surface area (Å²) in [6, 6.07) is 15.4. The van der Waals surface area contributed by atoms with Crippen molar-refractivity contribution in [2.24, 2.45) is 5.92 Å². The zero-order chi connectivity index (χ0) is 24.8. The van der Waals surface area contributed by atoms with Crippen LogP contribution in [0.1, 0.15) is 31.2 Å². The second kappa shape index (κ2) is 11.3. The van der Waals surface area contributed by atoms with E-state index in [1.54, 1.807) is 16.9 Å². The lowest BCUT2D eigenvalue weighted by Gasteiger charge is -2.14. The topological polar surface area (TPSA) is 113 Å². The number of nitrogens with zero attached hydrogens (tertiary/aromatic N) is 4. The molecule has 4 aromatic rings. The smallest absolute Gasteiger partial charge is 0.309 e. The van der Waals surface area contributed by atoms with Crippen molar-refractivity contribution in [2.75, 3.05) is 17.7 Å². The number of carboxylic acid groups (broad SMARTS) is 1. The van der Waals surface area contributed by atoms with Crippen LogP contribution in [0.2, 0.25) is 0 Å². The van der Waals surface area contributed by atoms with Crippen LogP contribution in [0.5, 0.6) is 0 Å². The van der Waals surface area contributed by atoms with Crippen LogP contribution in [-0.4, -0.2) is 48.4 Å². The van der Waals surface area contributed by atoms with E-state index in [2.05, 4.69) is 22.3 Å². The molecule has 35 heavy (non-hydrogen) atoms. The van der Waals surface area contributed by atoms with E-state index in [1.807, 2.05) is 42.5 Å². The van der Waals surface area contributed by atoms with E-state index >= 15 is 0 Å². The van der Waals surface area contributed by atoms with Crippen molar-refractivity contribution in [1.82, 2.24) is 19.7 Å². The Morgan fingerprint density at radius 1 is 1.14 bits per heavy atom. The van der Waals surface area contributed by atoms with Gasteiger partial charge in [0.15, 0.2) is 5.82 Å².